The van der Waals surface area contributed by atoms with Crippen molar-refractivity contribution in [2.24, 2.45) is 0 Å². The fourth-order valence-corrected chi connectivity index (χ4v) is 2.31. The zero-order valence-electron chi connectivity index (χ0n) is 14.9. The first-order valence-corrected chi connectivity index (χ1v) is 8.18. The van der Waals surface area contributed by atoms with Gasteiger partial charge in [-0.1, -0.05) is 0 Å². The van der Waals surface area contributed by atoms with Gasteiger partial charge in [0.25, 0.3) is 5.91 Å². The highest BCUT2D eigenvalue weighted by Gasteiger charge is 2.34. The van der Waals surface area contributed by atoms with E-state index in [0.717, 1.165) is 6.07 Å². The summed E-state index contributed by atoms with van der Waals surface area (Å²) in [4.78, 5) is 25.2. The number of carbonyl (C=O) groups is 2. The van der Waals surface area contributed by atoms with Crippen molar-refractivity contribution in [3.63, 3.8) is 0 Å². The Hall–Kier alpha value is -2.97. The first kappa shape index (κ1) is 20.3. The van der Waals surface area contributed by atoms with Crippen molar-refractivity contribution in [2.75, 3.05) is 30.9 Å². The van der Waals surface area contributed by atoms with Gasteiger partial charge >= 0.3 is 6.18 Å². The number of alkyl halides is 3. The average Bonchev–Trinajstić information content (AvgIpc) is 3.12. The van der Waals surface area contributed by atoms with E-state index in [0.29, 0.717) is 5.69 Å². The topological polar surface area (TPSA) is 74.6 Å². The second kappa shape index (κ2) is 8.61. The molecule has 0 atom stereocenters. The molecule has 0 spiro atoms. The van der Waals surface area contributed by atoms with Gasteiger partial charge in [0.15, 0.2) is 5.76 Å². The zero-order valence-corrected chi connectivity index (χ0v) is 14.9. The summed E-state index contributed by atoms with van der Waals surface area (Å²) in [5.74, 6) is -0.834. The van der Waals surface area contributed by atoms with Crippen LogP contribution in [0, 0.1) is 0 Å². The van der Waals surface area contributed by atoms with Crippen LogP contribution in [0.5, 0.6) is 0 Å². The van der Waals surface area contributed by atoms with Gasteiger partial charge in [0.05, 0.1) is 17.5 Å². The van der Waals surface area contributed by atoms with Crippen molar-refractivity contribution in [1.82, 2.24) is 5.32 Å². The second-order valence-electron chi connectivity index (χ2n) is 6.01. The summed E-state index contributed by atoms with van der Waals surface area (Å²) in [6.07, 6.45) is -2.99. The molecular weight excluding hydrogens is 363 g/mol. The monoisotopic (exact) mass is 383 g/mol. The molecule has 2 rings (SSSR count). The lowest BCUT2D eigenvalue weighted by molar-refractivity contribution is -0.136. The van der Waals surface area contributed by atoms with Gasteiger partial charge in [-0.2, -0.15) is 13.2 Å². The highest BCUT2D eigenvalue weighted by atomic mass is 19.4. The predicted molar refractivity (Wildman–Crippen MR) is 94.7 cm³/mol. The molecule has 1 aromatic carbocycles. The summed E-state index contributed by atoms with van der Waals surface area (Å²) in [5, 5.41) is 4.85. The van der Waals surface area contributed by atoms with E-state index in [2.05, 4.69) is 10.6 Å². The van der Waals surface area contributed by atoms with Crippen LogP contribution in [0.2, 0.25) is 0 Å². The number of amides is 2. The average molecular weight is 383 g/mol. The predicted octanol–water partition coefficient (Wildman–Crippen LogP) is 3.51. The molecule has 0 radical (unpaired) electrons. The van der Waals surface area contributed by atoms with Crippen molar-refractivity contribution >= 4 is 23.2 Å². The molecule has 1 aromatic heterocycles. The quantitative estimate of drug-likeness (QED) is 0.718. The third-order valence-electron chi connectivity index (χ3n) is 3.71. The van der Waals surface area contributed by atoms with Crippen LogP contribution in [-0.4, -0.2) is 32.5 Å². The maximum atomic E-state index is 13.2. The van der Waals surface area contributed by atoms with Crippen molar-refractivity contribution in [2.45, 2.75) is 19.0 Å². The van der Waals surface area contributed by atoms with Crippen molar-refractivity contribution in [1.29, 1.82) is 0 Å². The molecule has 27 heavy (non-hydrogen) atoms. The molecule has 0 saturated heterocycles. The van der Waals surface area contributed by atoms with Crippen LogP contribution < -0.4 is 15.5 Å². The van der Waals surface area contributed by atoms with Crippen molar-refractivity contribution < 1.29 is 27.2 Å². The molecule has 0 aliphatic rings. The van der Waals surface area contributed by atoms with E-state index in [9.17, 15) is 22.8 Å². The first-order chi connectivity index (χ1) is 12.7. The van der Waals surface area contributed by atoms with Crippen LogP contribution in [0.3, 0.4) is 0 Å². The van der Waals surface area contributed by atoms with Gasteiger partial charge < -0.3 is 20.0 Å². The second-order valence-corrected chi connectivity index (χ2v) is 6.01. The van der Waals surface area contributed by atoms with Crippen LogP contribution in [0.1, 0.15) is 29.0 Å². The Balaban J connectivity index is 1.90. The Morgan fingerprint density at radius 2 is 1.93 bits per heavy atom. The lowest BCUT2D eigenvalue weighted by Gasteiger charge is -2.18. The molecule has 0 saturated carbocycles. The first-order valence-electron chi connectivity index (χ1n) is 8.18. The molecule has 0 unspecified atom stereocenters. The Morgan fingerprint density at radius 3 is 2.52 bits per heavy atom. The van der Waals surface area contributed by atoms with E-state index in [1.165, 1.54) is 24.5 Å². The van der Waals surface area contributed by atoms with Gasteiger partial charge in [0.1, 0.15) is 0 Å². The maximum absolute atomic E-state index is 13.2. The van der Waals surface area contributed by atoms with Gasteiger partial charge in [-0.3, -0.25) is 9.59 Å². The molecule has 2 N–H and O–H groups in total. The lowest BCUT2D eigenvalue weighted by Crippen LogP contribution is -2.25. The third-order valence-corrected chi connectivity index (χ3v) is 3.71. The molecule has 0 aliphatic carbocycles. The van der Waals surface area contributed by atoms with Crippen LogP contribution in [0.25, 0.3) is 0 Å². The summed E-state index contributed by atoms with van der Waals surface area (Å²) in [6, 6.07) is 6.78. The Labute approximate surface area is 154 Å². The molecule has 1 heterocycles. The summed E-state index contributed by atoms with van der Waals surface area (Å²) in [7, 11) is 3.26. The van der Waals surface area contributed by atoms with Crippen LogP contribution in [0.4, 0.5) is 24.5 Å². The van der Waals surface area contributed by atoms with E-state index in [1.54, 1.807) is 25.1 Å². The fraction of sp³-hybridized carbons (Fsp3) is 0.333. The Morgan fingerprint density at radius 1 is 1.19 bits per heavy atom. The maximum Gasteiger partial charge on any atom is 0.418 e. The lowest BCUT2D eigenvalue weighted by atomic mass is 10.1. The molecular formula is C18H20F3N3O3. The summed E-state index contributed by atoms with van der Waals surface area (Å²) in [6.45, 7) is 0.193. The molecule has 0 aliphatic heterocycles. The minimum Gasteiger partial charge on any atom is -0.459 e. The van der Waals surface area contributed by atoms with Gasteiger partial charge in [-0.15, -0.1) is 0 Å². The van der Waals surface area contributed by atoms with Gasteiger partial charge in [-0.25, -0.2) is 0 Å². The normalized spacial score (nSPS) is 11.1. The molecule has 0 bridgehead atoms. The van der Waals surface area contributed by atoms with Crippen molar-refractivity contribution in [3.8, 4) is 0 Å². The highest BCUT2D eigenvalue weighted by molar-refractivity contribution is 5.92. The van der Waals surface area contributed by atoms with E-state index < -0.39 is 23.6 Å². The molecule has 2 amide bonds. The number of benzene rings is 1. The smallest absolute Gasteiger partial charge is 0.418 e. The molecule has 0 fully saturated rings. The number of anilines is 2. The van der Waals surface area contributed by atoms with Gasteiger partial charge in [-0.05, 0) is 36.8 Å². The number of halogens is 3. The molecule has 9 heteroatoms. The number of hydrogen-bond acceptors (Lipinski definition) is 4. The van der Waals surface area contributed by atoms with E-state index in [-0.39, 0.29) is 30.8 Å². The summed E-state index contributed by atoms with van der Waals surface area (Å²) in [5.41, 5.74) is -0.827. The fourth-order valence-electron chi connectivity index (χ4n) is 2.31. The van der Waals surface area contributed by atoms with Crippen molar-refractivity contribution in [3.05, 3.63) is 47.9 Å². The summed E-state index contributed by atoms with van der Waals surface area (Å²) < 4.78 is 44.7. The number of nitrogens with one attached hydrogen (secondary N) is 2. The van der Waals surface area contributed by atoms with Crippen LogP contribution in [-0.2, 0) is 11.0 Å². The van der Waals surface area contributed by atoms with Crippen LogP contribution in [0.15, 0.2) is 41.0 Å². The molecule has 6 nitrogen and oxygen atoms in total. The highest BCUT2D eigenvalue weighted by Crippen LogP contribution is 2.37. The van der Waals surface area contributed by atoms with E-state index in [1.807, 2.05) is 0 Å². The van der Waals surface area contributed by atoms with E-state index in [4.69, 9.17) is 4.42 Å². The molecule has 2 aromatic rings. The molecule has 146 valence electrons. The Kier molecular flexibility index (Phi) is 6.49. The largest absolute Gasteiger partial charge is 0.459 e. The minimum atomic E-state index is -4.59. The summed E-state index contributed by atoms with van der Waals surface area (Å²) >= 11 is 0. The standard InChI is InChI=1S/C18H20F3N3O3/c1-24(2)12-7-8-14(13(11-12)18(19,20)21)23-16(25)6-3-9-22-17(26)15-5-4-10-27-15/h4-5,7-8,10-11H,3,6,9H2,1-2H3,(H,22,26)(H,23,25). The van der Waals surface area contributed by atoms with E-state index >= 15 is 0 Å². The van der Waals surface area contributed by atoms with Gasteiger partial charge in [0.2, 0.25) is 5.91 Å². The Bertz CT molecular complexity index is 787. The number of furan rings is 1. The van der Waals surface area contributed by atoms with Crippen LogP contribution >= 0.6 is 0 Å². The third kappa shape index (κ3) is 5.77. The number of carbonyl (C=O) groups excluding carboxylic acids is 2. The number of hydrogen-bond donors (Lipinski definition) is 2. The zero-order chi connectivity index (χ0) is 20.0. The number of nitrogens with zero attached hydrogens (tertiary/aromatic N) is 1. The minimum absolute atomic E-state index is 0.0365. The SMILES string of the molecule is CN(C)c1ccc(NC(=O)CCCNC(=O)c2ccco2)c(C(F)(F)F)c1. The van der Waals surface area contributed by atoms with Gasteiger partial charge in [0, 0.05) is 32.7 Å². The number of rotatable bonds is 7.